The van der Waals surface area contributed by atoms with Gasteiger partial charge >= 0.3 is 0 Å². The zero-order chi connectivity index (χ0) is 15.2. The summed E-state index contributed by atoms with van der Waals surface area (Å²) in [5.74, 6) is 2.30. The van der Waals surface area contributed by atoms with E-state index < -0.39 is 0 Å². The first-order valence-electron chi connectivity index (χ1n) is 6.89. The third-order valence-electron chi connectivity index (χ3n) is 3.28. The van der Waals surface area contributed by atoms with Crippen LogP contribution in [0.4, 0.5) is 0 Å². The lowest BCUT2D eigenvalue weighted by Crippen LogP contribution is -2.12. The SMILES string of the molecule is CCOc1ccc(C(N)c2cc(OC)cc(OC)c2)cc1. The maximum Gasteiger partial charge on any atom is 0.122 e. The van der Waals surface area contributed by atoms with Gasteiger partial charge in [-0.3, -0.25) is 0 Å². The van der Waals surface area contributed by atoms with Crippen molar-refractivity contribution in [1.82, 2.24) is 0 Å². The number of benzene rings is 2. The van der Waals surface area contributed by atoms with E-state index in [9.17, 15) is 0 Å². The average Bonchev–Trinajstić information content (AvgIpc) is 2.54. The Hall–Kier alpha value is -2.20. The molecular formula is C17H21NO3. The molecule has 0 radical (unpaired) electrons. The zero-order valence-electron chi connectivity index (χ0n) is 12.6. The number of rotatable bonds is 6. The van der Waals surface area contributed by atoms with Crippen molar-refractivity contribution in [3.05, 3.63) is 53.6 Å². The van der Waals surface area contributed by atoms with Gasteiger partial charge in [-0.25, -0.2) is 0 Å². The molecule has 0 aliphatic heterocycles. The van der Waals surface area contributed by atoms with Gasteiger partial charge < -0.3 is 19.9 Å². The van der Waals surface area contributed by atoms with Crippen LogP contribution < -0.4 is 19.9 Å². The van der Waals surface area contributed by atoms with Crippen molar-refractivity contribution in [2.75, 3.05) is 20.8 Å². The average molecular weight is 287 g/mol. The smallest absolute Gasteiger partial charge is 0.122 e. The van der Waals surface area contributed by atoms with Crippen LogP contribution in [0.15, 0.2) is 42.5 Å². The summed E-state index contributed by atoms with van der Waals surface area (Å²) in [4.78, 5) is 0. The predicted octanol–water partition coefficient (Wildman–Crippen LogP) is 3.15. The molecule has 0 heterocycles. The van der Waals surface area contributed by atoms with E-state index in [1.165, 1.54) is 0 Å². The van der Waals surface area contributed by atoms with E-state index in [1.54, 1.807) is 14.2 Å². The predicted molar refractivity (Wildman–Crippen MR) is 83.2 cm³/mol. The van der Waals surface area contributed by atoms with Gasteiger partial charge in [0.2, 0.25) is 0 Å². The number of hydrogen-bond acceptors (Lipinski definition) is 4. The number of ether oxygens (including phenoxy) is 3. The molecule has 0 bridgehead atoms. The molecule has 0 aliphatic carbocycles. The minimum Gasteiger partial charge on any atom is -0.497 e. The van der Waals surface area contributed by atoms with Crippen LogP contribution >= 0.6 is 0 Å². The Morgan fingerprint density at radius 2 is 1.43 bits per heavy atom. The van der Waals surface area contributed by atoms with Crippen LogP contribution in [0, 0.1) is 0 Å². The second-order valence-corrected chi connectivity index (χ2v) is 4.63. The molecule has 21 heavy (non-hydrogen) atoms. The molecule has 112 valence electrons. The number of hydrogen-bond donors (Lipinski definition) is 1. The molecule has 0 saturated carbocycles. The first-order chi connectivity index (χ1) is 10.2. The van der Waals surface area contributed by atoms with E-state index in [2.05, 4.69) is 0 Å². The molecular weight excluding hydrogens is 266 g/mol. The topological polar surface area (TPSA) is 53.7 Å². The maximum atomic E-state index is 6.34. The van der Waals surface area contributed by atoms with Gasteiger partial charge in [0.1, 0.15) is 17.2 Å². The van der Waals surface area contributed by atoms with Crippen LogP contribution in [0.1, 0.15) is 24.1 Å². The summed E-state index contributed by atoms with van der Waals surface area (Å²) in [6.45, 7) is 2.61. The van der Waals surface area contributed by atoms with Crippen molar-refractivity contribution in [2.45, 2.75) is 13.0 Å². The molecule has 2 N–H and O–H groups in total. The Morgan fingerprint density at radius 1 is 0.857 bits per heavy atom. The summed E-state index contributed by atoms with van der Waals surface area (Å²) in [5, 5.41) is 0. The Kier molecular flexibility index (Phi) is 5.06. The van der Waals surface area contributed by atoms with E-state index in [-0.39, 0.29) is 6.04 Å². The van der Waals surface area contributed by atoms with E-state index in [0.717, 1.165) is 28.4 Å². The monoisotopic (exact) mass is 287 g/mol. The van der Waals surface area contributed by atoms with E-state index >= 15 is 0 Å². The highest BCUT2D eigenvalue weighted by Gasteiger charge is 2.12. The summed E-state index contributed by atoms with van der Waals surface area (Å²) < 4.78 is 16.0. The Balaban J connectivity index is 2.28. The van der Waals surface area contributed by atoms with Crippen LogP contribution in [-0.4, -0.2) is 20.8 Å². The molecule has 1 unspecified atom stereocenters. The Labute approximate surface area is 125 Å². The third kappa shape index (κ3) is 3.67. The van der Waals surface area contributed by atoms with Gasteiger partial charge in [0.25, 0.3) is 0 Å². The Bertz CT molecular complexity index is 559. The fourth-order valence-electron chi connectivity index (χ4n) is 2.14. The molecule has 1 atom stereocenters. The molecule has 0 aliphatic rings. The van der Waals surface area contributed by atoms with E-state index in [1.807, 2.05) is 49.4 Å². The molecule has 0 saturated heterocycles. The standard InChI is InChI=1S/C17H21NO3/c1-4-21-14-7-5-12(6-8-14)17(18)13-9-15(19-2)11-16(10-13)20-3/h5-11,17H,4,18H2,1-3H3. The van der Waals surface area contributed by atoms with Crippen LogP contribution in [0.3, 0.4) is 0 Å². The summed E-state index contributed by atoms with van der Waals surface area (Å²) in [5.41, 5.74) is 8.28. The molecule has 4 nitrogen and oxygen atoms in total. The van der Waals surface area contributed by atoms with Gasteiger partial charge in [-0.2, -0.15) is 0 Å². The maximum absolute atomic E-state index is 6.34. The minimum absolute atomic E-state index is 0.246. The van der Waals surface area contributed by atoms with Crippen LogP contribution in [0.2, 0.25) is 0 Å². The third-order valence-corrected chi connectivity index (χ3v) is 3.28. The van der Waals surface area contributed by atoms with Gasteiger partial charge in [-0.05, 0) is 42.3 Å². The number of methoxy groups -OCH3 is 2. The molecule has 2 rings (SSSR count). The zero-order valence-corrected chi connectivity index (χ0v) is 12.6. The van der Waals surface area contributed by atoms with Crippen LogP contribution in [-0.2, 0) is 0 Å². The molecule has 0 fully saturated rings. The largest absolute Gasteiger partial charge is 0.497 e. The first-order valence-corrected chi connectivity index (χ1v) is 6.89. The van der Waals surface area contributed by atoms with Gasteiger partial charge in [-0.1, -0.05) is 12.1 Å². The normalized spacial score (nSPS) is 11.8. The van der Waals surface area contributed by atoms with Gasteiger partial charge in [-0.15, -0.1) is 0 Å². The highest BCUT2D eigenvalue weighted by molar-refractivity contribution is 5.43. The van der Waals surface area contributed by atoms with Gasteiger partial charge in [0.05, 0.1) is 26.9 Å². The number of nitrogens with two attached hydrogens (primary N) is 1. The van der Waals surface area contributed by atoms with E-state index in [0.29, 0.717) is 6.61 Å². The summed E-state index contributed by atoms with van der Waals surface area (Å²) >= 11 is 0. The molecule has 2 aromatic carbocycles. The molecule has 2 aromatic rings. The first kappa shape index (κ1) is 15.2. The highest BCUT2D eigenvalue weighted by Crippen LogP contribution is 2.29. The van der Waals surface area contributed by atoms with Crippen molar-refractivity contribution in [3.8, 4) is 17.2 Å². The van der Waals surface area contributed by atoms with Crippen molar-refractivity contribution < 1.29 is 14.2 Å². The fourth-order valence-corrected chi connectivity index (χ4v) is 2.14. The summed E-state index contributed by atoms with van der Waals surface area (Å²) in [6, 6.07) is 13.2. The van der Waals surface area contributed by atoms with E-state index in [4.69, 9.17) is 19.9 Å². The second-order valence-electron chi connectivity index (χ2n) is 4.63. The van der Waals surface area contributed by atoms with Crippen LogP contribution in [0.5, 0.6) is 17.2 Å². The summed E-state index contributed by atoms with van der Waals surface area (Å²) in [6.07, 6.45) is 0. The van der Waals surface area contributed by atoms with Crippen molar-refractivity contribution in [2.24, 2.45) is 5.73 Å². The highest BCUT2D eigenvalue weighted by atomic mass is 16.5. The second kappa shape index (κ2) is 6.99. The molecule has 0 aromatic heterocycles. The fraction of sp³-hybridized carbons (Fsp3) is 0.294. The van der Waals surface area contributed by atoms with Crippen molar-refractivity contribution in [1.29, 1.82) is 0 Å². The Morgan fingerprint density at radius 3 is 1.90 bits per heavy atom. The van der Waals surface area contributed by atoms with Crippen LogP contribution in [0.25, 0.3) is 0 Å². The van der Waals surface area contributed by atoms with Gasteiger partial charge in [0, 0.05) is 6.07 Å². The lowest BCUT2D eigenvalue weighted by Gasteiger charge is -2.15. The van der Waals surface area contributed by atoms with Crippen molar-refractivity contribution in [3.63, 3.8) is 0 Å². The lowest BCUT2D eigenvalue weighted by molar-refractivity contribution is 0.340. The molecule has 4 heteroatoms. The van der Waals surface area contributed by atoms with Gasteiger partial charge in [0.15, 0.2) is 0 Å². The minimum atomic E-state index is -0.246. The van der Waals surface area contributed by atoms with Crippen molar-refractivity contribution >= 4 is 0 Å². The summed E-state index contributed by atoms with van der Waals surface area (Å²) in [7, 11) is 3.25. The molecule has 0 amide bonds. The quantitative estimate of drug-likeness (QED) is 0.886. The molecule has 0 spiro atoms. The lowest BCUT2D eigenvalue weighted by atomic mass is 9.99.